The molecule has 0 saturated carbocycles. The number of nitrogens with one attached hydrogen (secondary N) is 1. The maximum absolute atomic E-state index is 12.0. The number of carbonyl (C=O) groups excluding carboxylic acids is 1. The third-order valence-electron chi connectivity index (χ3n) is 3.25. The smallest absolute Gasteiger partial charge is 0.308 e. The summed E-state index contributed by atoms with van der Waals surface area (Å²) in [6.07, 6.45) is 1.50. The van der Waals surface area contributed by atoms with E-state index in [1.165, 1.54) is 17.8 Å². The SMILES string of the molecule is CC(NC(=O)c1cn(-c2ccccc2)nn1)C(C)C(=O)O. The molecular weight excluding hydrogens is 272 g/mol. The van der Waals surface area contributed by atoms with Gasteiger partial charge in [-0.25, -0.2) is 4.68 Å². The van der Waals surface area contributed by atoms with E-state index in [1.54, 1.807) is 6.92 Å². The third-order valence-corrected chi connectivity index (χ3v) is 3.25. The first-order valence-corrected chi connectivity index (χ1v) is 6.50. The van der Waals surface area contributed by atoms with Gasteiger partial charge in [-0.15, -0.1) is 5.10 Å². The molecule has 0 bridgehead atoms. The van der Waals surface area contributed by atoms with Crippen LogP contribution in [-0.4, -0.2) is 38.0 Å². The number of hydrogen-bond acceptors (Lipinski definition) is 4. The van der Waals surface area contributed by atoms with Crippen molar-refractivity contribution in [2.75, 3.05) is 0 Å². The molecule has 0 aliphatic heterocycles. The normalized spacial score (nSPS) is 13.4. The van der Waals surface area contributed by atoms with Gasteiger partial charge in [0.25, 0.3) is 5.91 Å². The van der Waals surface area contributed by atoms with Crippen LogP contribution in [0.5, 0.6) is 0 Å². The van der Waals surface area contributed by atoms with E-state index in [4.69, 9.17) is 5.11 Å². The topological polar surface area (TPSA) is 97.1 Å². The average molecular weight is 288 g/mol. The fraction of sp³-hybridized carbons (Fsp3) is 0.286. The van der Waals surface area contributed by atoms with E-state index in [2.05, 4.69) is 15.6 Å². The van der Waals surface area contributed by atoms with Crippen molar-refractivity contribution in [1.29, 1.82) is 0 Å². The van der Waals surface area contributed by atoms with E-state index in [0.717, 1.165) is 5.69 Å². The van der Waals surface area contributed by atoms with Crippen molar-refractivity contribution in [3.63, 3.8) is 0 Å². The molecule has 7 nitrogen and oxygen atoms in total. The molecule has 1 aromatic heterocycles. The molecule has 0 fully saturated rings. The molecule has 2 rings (SSSR count). The quantitative estimate of drug-likeness (QED) is 0.859. The monoisotopic (exact) mass is 288 g/mol. The first kappa shape index (κ1) is 14.7. The van der Waals surface area contributed by atoms with Gasteiger partial charge >= 0.3 is 5.97 Å². The van der Waals surface area contributed by atoms with Crippen molar-refractivity contribution in [2.24, 2.45) is 5.92 Å². The van der Waals surface area contributed by atoms with Crippen molar-refractivity contribution in [3.8, 4) is 5.69 Å². The summed E-state index contributed by atoms with van der Waals surface area (Å²) in [4.78, 5) is 22.9. The van der Waals surface area contributed by atoms with Crippen LogP contribution in [0.25, 0.3) is 5.69 Å². The second-order valence-electron chi connectivity index (χ2n) is 4.77. The zero-order valence-corrected chi connectivity index (χ0v) is 11.7. The van der Waals surface area contributed by atoms with E-state index in [0.29, 0.717) is 0 Å². The summed E-state index contributed by atoms with van der Waals surface area (Å²) < 4.78 is 1.49. The van der Waals surface area contributed by atoms with Crippen LogP contribution in [0.3, 0.4) is 0 Å². The zero-order valence-electron chi connectivity index (χ0n) is 11.7. The Balaban J connectivity index is 2.08. The lowest BCUT2D eigenvalue weighted by molar-refractivity contribution is -0.141. The molecule has 0 saturated heterocycles. The predicted molar refractivity (Wildman–Crippen MR) is 75.1 cm³/mol. The van der Waals surface area contributed by atoms with Gasteiger partial charge in [-0.05, 0) is 26.0 Å². The number of amides is 1. The minimum atomic E-state index is -0.962. The summed E-state index contributed by atoms with van der Waals surface area (Å²) >= 11 is 0. The summed E-state index contributed by atoms with van der Waals surface area (Å²) in [5.41, 5.74) is 0.930. The number of benzene rings is 1. The predicted octanol–water partition coefficient (Wildman–Crippen LogP) is 1.11. The molecule has 1 heterocycles. The molecule has 2 N–H and O–H groups in total. The molecule has 0 radical (unpaired) electrons. The number of hydrogen-bond donors (Lipinski definition) is 2. The van der Waals surface area contributed by atoms with Gasteiger partial charge in [0.05, 0.1) is 17.8 Å². The minimum absolute atomic E-state index is 0.142. The highest BCUT2D eigenvalue weighted by Gasteiger charge is 2.22. The standard InChI is InChI=1S/C14H16N4O3/c1-9(14(20)21)10(2)15-13(19)12-8-18(17-16-12)11-6-4-3-5-7-11/h3-10H,1-2H3,(H,15,19)(H,20,21). The van der Waals surface area contributed by atoms with Crippen molar-refractivity contribution >= 4 is 11.9 Å². The summed E-state index contributed by atoms with van der Waals surface area (Å²) in [5, 5.41) is 19.2. The van der Waals surface area contributed by atoms with Gasteiger partial charge in [-0.3, -0.25) is 9.59 Å². The lowest BCUT2D eigenvalue weighted by Crippen LogP contribution is -2.40. The van der Waals surface area contributed by atoms with E-state index in [9.17, 15) is 9.59 Å². The number of carboxylic acid groups (broad SMARTS) is 1. The van der Waals surface area contributed by atoms with Gasteiger partial charge in [0.1, 0.15) is 0 Å². The molecule has 1 amide bonds. The van der Waals surface area contributed by atoms with Crippen LogP contribution in [0.4, 0.5) is 0 Å². The van der Waals surface area contributed by atoms with Gasteiger partial charge in [-0.1, -0.05) is 23.4 Å². The molecule has 0 aliphatic rings. The number of aliphatic carboxylic acids is 1. The van der Waals surface area contributed by atoms with E-state index < -0.39 is 23.8 Å². The Bertz CT molecular complexity index is 639. The maximum atomic E-state index is 12.0. The van der Waals surface area contributed by atoms with Crippen LogP contribution in [0, 0.1) is 5.92 Å². The first-order valence-electron chi connectivity index (χ1n) is 6.50. The van der Waals surface area contributed by atoms with Crippen molar-refractivity contribution in [2.45, 2.75) is 19.9 Å². The van der Waals surface area contributed by atoms with Crippen molar-refractivity contribution in [3.05, 3.63) is 42.2 Å². The Morgan fingerprint density at radius 2 is 1.90 bits per heavy atom. The number of nitrogens with zero attached hydrogens (tertiary/aromatic N) is 3. The Kier molecular flexibility index (Phi) is 4.32. The van der Waals surface area contributed by atoms with Crippen LogP contribution >= 0.6 is 0 Å². The highest BCUT2D eigenvalue weighted by Crippen LogP contribution is 2.07. The number of carbonyl (C=O) groups is 2. The summed E-state index contributed by atoms with van der Waals surface area (Å²) in [7, 11) is 0. The largest absolute Gasteiger partial charge is 0.481 e. The van der Waals surface area contributed by atoms with Gasteiger partial charge in [-0.2, -0.15) is 0 Å². The molecule has 2 unspecified atom stereocenters. The third kappa shape index (κ3) is 3.44. The summed E-state index contributed by atoms with van der Waals surface area (Å²) in [6, 6.07) is 8.76. The van der Waals surface area contributed by atoms with Crippen LogP contribution in [0.2, 0.25) is 0 Å². The highest BCUT2D eigenvalue weighted by atomic mass is 16.4. The van der Waals surface area contributed by atoms with Crippen molar-refractivity contribution in [1.82, 2.24) is 20.3 Å². The molecule has 2 aromatic rings. The minimum Gasteiger partial charge on any atom is -0.481 e. The van der Waals surface area contributed by atoms with E-state index in [-0.39, 0.29) is 5.69 Å². The molecule has 0 aliphatic carbocycles. The fourth-order valence-corrected chi connectivity index (χ4v) is 1.69. The van der Waals surface area contributed by atoms with Gasteiger partial charge in [0, 0.05) is 6.04 Å². The molecule has 2 atom stereocenters. The first-order chi connectivity index (χ1) is 9.99. The maximum Gasteiger partial charge on any atom is 0.308 e. The number of carboxylic acids is 1. The van der Waals surface area contributed by atoms with Crippen LogP contribution in [0.15, 0.2) is 36.5 Å². The molecule has 1 aromatic carbocycles. The Hall–Kier alpha value is -2.70. The number of rotatable bonds is 5. The lowest BCUT2D eigenvalue weighted by atomic mass is 10.0. The Labute approximate surface area is 121 Å². The fourth-order valence-electron chi connectivity index (χ4n) is 1.69. The lowest BCUT2D eigenvalue weighted by Gasteiger charge is -2.16. The second kappa shape index (κ2) is 6.17. The van der Waals surface area contributed by atoms with E-state index >= 15 is 0 Å². The number of para-hydroxylation sites is 1. The summed E-state index contributed by atoms with van der Waals surface area (Å²) in [6.45, 7) is 3.17. The Morgan fingerprint density at radius 3 is 2.52 bits per heavy atom. The molecule has 7 heteroatoms. The van der Waals surface area contributed by atoms with Crippen LogP contribution in [0.1, 0.15) is 24.3 Å². The molecule has 0 spiro atoms. The van der Waals surface area contributed by atoms with Crippen LogP contribution < -0.4 is 5.32 Å². The Morgan fingerprint density at radius 1 is 1.24 bits per heavy atom. The van der Waals surface area contributed by atoms with Gasteiger partial charge in [0.15, 0.2) is 5.69 Å². The molecular formula is C14H16N4O3. The summed E-state index contributed by atoms with van der Waals surface area (Å²) in [5.74, 6) is -2.09. The van der Waals surface area contributed by atoms with Crippen LogP contribution in [-0.2, 0) is 4.79 Å². The molecule has 21 heavy (non-hydrogen) atoms. The average Bonchev–Trinajstić information content (AvgIpc) is 2.97. The van der Waals surface area contributed by atoms with Crippen molar-refractivity contribution < 1.29 is 14.7 Å². The zero-order chi connectivity index (χ0) is 15.4. The highest BCUT2D eigenvalue weighted by molar-refractivity contribution is 5.92. The number of aromatic nitrogens is 3. The molecule has 110 valence electrons. The van der Waals surface area contributed by atoms with E-state index in [1.807, 2.05) is 30.3 Å². The van der Waals surface area contributed by atoms with Gasteiger partial charge in [0.2, 0.25) is 0 Å². The van der Waals surface area contributed by atoms with Gasteiger partial charge < -0.3 is 10.4 Å². The second-order valence-corrected chi connectivity index (χ2v) is 4.77.